The van der Waals surface area contributed by atoms with E-state index in [0.29, 0.717) is 36.0 Å². The average Bonchev–Trinajstić information content (AvgIpc) is 3.60. The summed E-state index contributed by atoms with van der Waals surface area (Å²) in [5.74, 6) is -0.242. The van der Waals surface area contributed by atoms with Crippen molar-refractivity contribution in [2.75, 3.05) is 45.2 Å². The molecule has 12 heteroatoms. The fraction of sp³-hybridized carbons (Fsp3) is 0.263. The number of nitrogens with zero attached hydrogens (tertiary/aromatic N) is 6. The van der Waals surface area contributed by atoms with Crippen molar-refractivity contribution in [1.29, 1.82) is 0 Å². The monoisotopic (exact) mass is 698 g/mol. The minimum Gasteiger partial charge on any atom is -0.368 e. The van der Waals surface area contributed by atoms with Gasteiger partial charge in [-0.05, 0) is 41.3 Å². The van der Waals surface area contributed by atoms with E-state index in [0.717, 1.165) is 16.8 Å². The van der Waals surface area contributed by atoms with Crippen LogP contribution >= 0.6 is 0 Å². The van der Waals surface area contributed by atoms with E-state index in [1.165, 1.54) is 33.6 Å². The van der Waals surface area contributed by atoms with Crippen molar-refractivity contribution in [3.8, 4) is 11.1 Å². The number of rotatable bonds is 8. The lowest BCUT2D eigenvalue weighted by Gasteiger charge is -2.41. The van der Waals surface area contributed by atoms with E-state index < -0.39 is 27.6 Å². The van der Waals surface area contributed by atoms with Crippen LogP contribution in [-0.2, 0) is 21.9 Å². The Morgan fingerprint density at radius 2 is 1.50 bits per heavy atom. The Bertz CT molecular complexity index is 2120. The van der Waals surface area contributed by atoms with Gasteiger partial charge in [-0.2, -0.15) is 35.3 Å². The van der Waals surface area contributed by atoms with Gasteiger partial charge in [-0.15, -0.1) is 0 Å². The first-order valence-corrected chi connectivity index (χ1v) is 17.8. The smallest absolute Gasteiger partial charge is 0.368 e. The van der Waals surface area contributed by atoms with E-state index in [1.807, 2.05) is 91.0 Å². The Morgan fingerprint density at radius 1 is 0.840 bits per heavy atom. The first kappa shape index (κ1) is 33.7. The van der Waals surface area contributed by atoms with Crippen LogP contribution in [0.5, 0.6) is 0 Å². The molecule has 2 aromatic heterocycles. The Kier molecular flexibility index (Phi) is 8.87. The molecule has 2 aliphatic rings. The zero-order valence-electron chi connectivity index (χ0n) is 27.7. The summed E-state index contributed by atoms with van der Waals surface area (Å²) < 4.78 is 74.8. The Morgan fingerprint density at radius 3 is 2.08 bits per heavy atom. The molecule has 7 rings (SSSR count). The molecule has 3 heterocycles. The van der Waals surface area contributed by atoms with Crippen LogP contribution in [0.3, 0.4) is 0 Å². The van der Waals surface area contributed by atoms with E-state index in [9.17, 15) is 8.42 Å². The number of hydrogen-bond acceptors (Lipinski definition) is 5. The number of alkyl halides is 3. The highest BCUT2D eigenvalue weighted by Gasteiger charge is 2.46. The molecule has 0 amide bonds. The van der Waals surface area contributed by atoms with Gasteiger partial charge in [0.1, 0.15) is 5.54 Å². The topological polar surface area (TPSA) is 74.6 Å². The molecule has 258 valence electrons. The molecule has 50 heavy (non-hydrogen) atoms. The van der Waals surface area contributed by atoms with Crippen LogP contribution in [0.2, 0.25) is 0 Å². The molecule has 1 saturated heterocycles. The molecule has 1 aliphatic heterocycles. The number of fused-ring (bicyclic) bond motifs is 1. The standard InChI is InChI=1S/C38H37F3N6O2S/c1-44(2)50(48,49)46-24-22-45(23-25-46)35-20-21-42-34-19-18-28(26-32(34)35)33-27-47(43-36(33)38(39,40)41)37(29-12-6-3-7-13-29,30-14-8-4-9-15-30)31-16-10-5-11-17-31/h3-16,18-21,26-27,31H,17,22-25H2,1-2H3. The van der Waals surface area contributed by atoms with Crippen LogP contribution in [-0.4, -0.2) is 72.1 Å². The second kappa shape index (κ2) is 13.2. The molecule has 0 radical (unpaired) electrons. The predicted octanol–water partition coefficient (Wildman–Crippen LogP) is 6.97. The fourth-order valence-electron chi connectivity index (χ4n) is 7.25. The quantitative estimate of drug-likeness (QED) is 0.175. The van der Waals surface area contributed by atoms with Crippen LogP contribution in [0.4, 0.5) is 18.9 Å². The second-order valence-corrected chi connectivity index (χ2v) is 14.9. The molecule has 3 aromatic carbocycles. The maximum Gasteiger partial charge on any atom is 0.435 e. The number of hydrogen-bond donors (Lipinski definition) is 0. The zero-order valence-corrected chi connectivity index (χ0v) is 28.5. The third kappa shape index (κ3) is 5.91. The number of allylic oxidation sites excluding steroid dienone is 4. The summed E-state index contributed by atoms with van der Waals surface area (Å²) >= 11 is 0. The summed E-state index contributed by atoms with van der Waals surface area (Å²) in [6.45, 7) is 1.39. The Hall–Kier alpha value is -4.78. The summed E-state index contributed by atoms with van der Waals surface area (Å²) in [6.07, 6.45) is 7.04. The predicted molar refractivity (Wildman–Crippen MR) is 190 cm³/mol. The van der Waals surface area contributed by atoms with Crippen LogP contribution in [0, 0.1) is 5.92 Å². The average molecular weight is 699 g/mol. The fourth-order valence-corrected chi connectivity index (χ4v) is 8.33. The first-order chi connectivity index (χ1) is 24.0. The van der Waals surface area contributed by atoms with Crippen molar-refractivity contribution in [2.45, 2.75) is 18.1 Å². The Balaban J connectivity index is 1.38. The number of anilines is 1. The molecule has 1 atom stereocenters. The number of aromatic nitrogens is 3. The number of benzene rings is 3. The van der Waals surface area contributed by atoms with Gasteiger partial charge in [0.25, 0.3) is 10.2 Å². The highest BCUT2D eigenvalue weighted by Crippen LogP contribution is 2.47. The zero-order chi connectivity index (χ0) is 35.1. The minimum atomic E-state index is -4.75. The van der Waals surface area contributed by atoms with Crippen molar-refractivity contribution in [2.24, 2.45) is 5.92 Å². The molecule has 1 unspecified atom stereocenters. The summed E-state index contributed by atoms with van der Waals surface area (Å²) in [5, 5.41) is 5.11. The van der Waals surface area contributed by atoms with E-state index in [-0.39, 0.29) is 24.6 Å². The molecule has 0 spiro atoms. The van der Waals surface area contributed by atoms with Gasteiger partial charge >= 0.3 is 6.18 Å². The van der Waals surface area contributed by atoms with E-state index >= 15 is 13.2 Å². The van der Waals surface area contributed by atoms with Crippen molar-refractivity contribution < 1.29 is 21.6 Å². The van der Waals surface area contributed by atoms with Gasteiger partial charge in [0.05, 0.1) is 5.52 Å². The third-order valence-corrected chi connectivity index (χ3v) is 11.6. The van der Waals surface area contributed by atoms with Crippen LogP contribution in [0.15, 0.2) is 122 Å². The second-order valence-electron chi connectivity index (χ2n) is 12.7. The molecule has 8 nitrogen and oxygen atoms in total. The molecular weight excluding hydrogens is 662 g/mol. The molecule has 1 fully saturated rings. The summed E-state index contributed by atoms with van der Waals surface area (Å²) in [4.78, 5) is 6.57. The summed E-state index contributed by atoms with van der Waals surface area (Å²) in [5.41, 5.74) is 1.28. The lowest BCUT2D eigenvalue weighted by Crippen LogP contribution is -2.51. The highest BCUT2D eigenvalue weighted by molar-refractivity contribution is 7.86. The number of halogens is 3. The SMILES string of the molecule is CN(C)S(=O)(=O)N1CCN(c2ccnc3ccc(-c4cn(C(c5ccccc5)(c5ccccc5)C5C=CC=CC5)nc4C(F)(F)F)cc23)CC1. The highest BCUT2D eigenvalue weighted by atomic mass is 32.2. The van der Waals surface area contributed by atoms with Gasteiger partial charge in [-0.3, -0.25) is 9.67 Å². The first-order valence-electron chi connectivity index (χ1n) is 16.4. The molecule has 0 bridgehead atoms. The lowest BCUT2D eigenvalue weighted by atomic mass is 9.70. The molecule has 1 aliphatic carbocycles. The maximum atomic E-state index is 15.1. The number of pyridine rings is 1. The third-order valence-electron chi connectivity index (χ3n) is 9.69. The van der Waals surface area contributed by atoms with Gasteiger partial charge in [-0.1, -0.05) is 91.0 Å². The molecule has 0 saturated carbocycles. The normalized spacial score (nSPS) is 17.6. The van der Waals surface area contributed by atoms with Gasteiger partial charge in [0.15, 0.2) is 5.69 Å². The molecule has 5 aromatic rings. The van der Waals surface area contributed by atoms with Crippen molar-refractivity contribution in [3.05, 3.63) is 138 Å². The molecular formula is C38H37F3N6O2S. The van der Waals surface area contributed by atoms with Crippen molar-refractivity contribution in [1.82, 2.24) is 23.4 Å². The number of piperazine rings is 1. The van der Waals surface area contributed by atoms with Gasteiger partial charge in [0, 0.05) is 75.2 Å². The van der Waals surface area contributed by atoms with Gasteiger partial charge in [-0.25, -0.2) is 0 Å². The summed E-state index contributed by atoms with van der Waals surface area (Å²) in [7, 11) is -0.557. The van der Waals surface area contributed by atoms with Crippen LogP contribution in [0.1, 0.15) is 23.2 Å². The molecule has 0 N–H and O–H groups in total. The lowest BCUT2D eigenvalue weighted by molar-refractivity contribution is -0.141. The van der Waals surface area contributed by atoms with E-state index in [4.69, 9.17) is 0 Å². The van der Waals surface area contributed by atoms with Crippen molar-refractivity contribution >= 4 is 26.8 Å². The summed E-state index contributed by atoms with van der Waals surface area (Å²) in [6, 6.07) is 26.2. The van der Waals surface area contributed by atoms with Gasteiger partial charge in [0.2, 0.25) is 0 Å². The van der Waals surface area contributed by atoms with E-state index in [1.54, 1.807) is 24.4 Å². The van der Waals surface area contributed by atoms with Crippen LogP contribution < -0.4 is 4.90 Å². The Labute approximate surface area is 290 Å². The van der Waals surface area contributed by atoms with Gasteiger partial charge < -0.3 is 4.90 Å². The van der Waals surface area contributed by atoms with Crippen LogP contribution in [0.25, 0.3) is 22.0 Å². The minimum absolute atomic E-state index is 0.0392. The van der Waals surface area contributed by atoms with E-state index in [2.05, 4.69) is 15.0 Å². The van der Waals surface area contributed by atoms with Crippen molar-refractivity contribution in [3.63, 3.8) is 0 Å². The maximum absolute atomic E-state index is 15.1. The largest absolute Gasteiger partial charge is 0.435 e.